The molecule has 1 atom stereocenters. The van der Waals surface area contributed by atoms with Gasteiger partial charge >= 0.3 is 12.3 Å². The number of hydrazone groups is 1. The van der Waals surface area contributed by atoms with Crippen LogP contribution in [0.2, 0.25) is 5.02 Å². The second-order valence-corrected chi connectivity index (χ2v) is 7.24. The molecule has 2 aromatic carbocycles. The minimum atomic E-state index is -4.81. The molecular weight excluding hydrogens is 423 g/mol. The maximum atomic E-state index is 12.5. The van der Waals surface area contributed by atoms with Crippen molar-refractivity contribution < 1.29 is 27.5 Å². The lowest BCUT2D eigenvalue weighted by molar-refractivity contribution is -0.147. The molecule has 1 unspecified atom stereocenters. The number of rotatable bonds is 4. The van der Waals surface area contributed by atoms with Gasteiger partial charge in [0.15, 0.2) is 5.54 Å². The highest BCUT2D eigenvalue weighted by molar-refractivity contribution is 6.30. The lowest BCUT2D eigenvalue weighted by atomic mass is 9.92. The summed E-state index contributed by atoms with van der Waals surface area (Å²) in [6.07, 6.45) is -4.62. The van der Waals surface area contributed by atoms with Crippen LogP contribution in [0.3, 0.4) is 0 Å². The van der Waals surface area contributed by atoms with Crippen molar-refractivity contribution >= 4 is 34.9 Å². The van der Waals surface area contributed by atoms with Gasteiger partial charge in [0, 0.05) is 17.0 Å². The summed E-state index contributed by atoms with van der Waals surface area (Å²) in [4.78, 5) is 24.2. The van der Waals surface area contributed by atoms with Gasteiger partial charge in [0.05, 0.1) is 18.5 Å². The number of nitrogens with one attached hydrogen (secondary N) is 1. The van der Waals surface area contributed by atoms with E-state index in [2.05, 4.69) is 5.10 Å². The third-order valence-corrected chi connectivity index (χ3v) is 4.88. The van der Waals surface area contributed by atoms with Crippen LogP contribution in [0, 0.1) is 0 Å². The van der Waals surface area contributed by atoms with Crippen molar-refractivity contribution in [2.75, 3.05) is 12.1 Å². The summed E-state index contributed by atoms with van der Waals surface area (Å²) in [6, 6.07) is 12.2. The van der Waals surface area contributed by atoms with Gasteiger partial charge in [-0.05, 0) is 48.9 Å². The molecule has 0 bridgehead atoms. The zero-order chi connectivity index (χ0) is 22.1. The minimum Gasteiger partial charge on any atom is -0.467 e. The van der Waals surface area contributed by atoms with Gasteiger partial charge in [0.1, 0.15) is 0 Å². The quantitative estimate of drug-likeness (QED) is 0.574. The van der Waals surface area contributed by atoms with Gasteiger partial charge in [-0.25, -0.2) is 9.80 Å². The monoisotopic (exact) mass is 439 g/mol. The largest absolute Gasteiger partial charge is 0.484 e. The van der Waals surface area contributed by atoms with Gasteiger partial charge in [0.25, 0.3) is 5.91 Å². The molecule has 6 nitrogen and oxygen atoms in total. The number of hydrogen-bond donors (Lipinski definition) is 1. The van der Waals surface area contributed by atoms with Crippen LogP contribution >= 0.6 is 11.6 Å². The van der Waals surface area contributed by atoms with Crippen LogP contribution in [0.15, 0.2) is 53.6 Å². The summed E-state index contributed by atoms with van der Waals surface area (Å²) in [6.45, 7) is 1.68. The van der Waals surface area contributed by atoms with Gasteiger partial charge < -0.3 is 4.74 Å². The highest BCUT2D eigenvalue weighted by Crippen LogP contribution is 2.36. The Morgan fingerprint density at radius 3 is 2.27 bits per heavy atom. The normalized spacial score (nSPS) is 18.7. The number of carbonyl (C=O) groups is 2. The van der Waals surface area contributed by atoms with Gasteiger partial charge in [0.2, 0.25) is 0 Å². The van der Waals surface area contributed by atoms with E-state index in [4.69, 9.17) is 16.3 Å². The third-order valence-electron chi connectivity index (χ3n) is 4.63. The zero-order valence-electron chi connectivity index (χ0n) is 16.0. The Kier molecular flexibility index (Phi) is 5.76. The molecule has 0 fully saturated rings. The molecule has 0 aromatic heterocycles. The molecular formula is C20H17ClF3N3O3. The number of benzene rings is 2. The van der Waals surface area contributed by atoms with E-state index in [9.17, 15) is 22.8 Å². The first kappa shape index (κ1) is 21.6. The number of alkyl halides is 3. The molecule has 3 rings (SSSR count). The highest BCUT2D eigenvalue weighted by atomic mass is 35.5. The van der Waals surface area contributed by atoms with Crippen LogP contribution in [0.25, 0.3) is 0 Å². The van der Waals surface area contributed by atoms with Crippen molar-refractivity contribution in [1.29, 1.82) is 0 Å². The Hall–Kier alpha value is -3.07. The fourth-order valence-electron chi connectivity index (χ4n) is 3.15. The average Bonchev–Trinajstić information content (AvgIpc) is 3.05. The van der Waals surface area contributed by atoms with E-state index in [1.165, 1.54) is 36.4 Å². The van der Waals surface area contributed by atoms with Gasteiger partial charge in [-0.15, -0.1) is 0 Å². The Morgan fingerprint density at radius 2 is 1.73 bits per heavy atom. The van der Waals surface area contributed by atoms with Crippen molar-refractivity contribution in [2.45, 2.75) is 25.2 Å². The number of amides is 1. The SMILES string of the molecule is COC(=O)C1(C)CC(c2ccc(C(=O)NC(F)(F)F)cc2)=NN1c1ccc(Cl)cc1. The summed E-state index contributed by atoms with van der Waals surface area (Å²) >= 11 is 5.94. The van der Waals surface area contributed by atoms with Crippen LogP contribution in [0.4, 0.5) is 18.9 Å². The van der Waals surface area contributed by atoms with Crippen LogP contribution in [0.5, 0.6) is 0 Å². The molecule has 158 valence electrons. The predicted molar refractivity (Wildman–Crippen MR) is 105 cm³/mol. The maximum Gasteiger partial charge on any atom is 0.484 e. The molecule has 0 radical (unpaired) electrons. The summed E-state index contributed by atoms with van der Waals surface area (Å²) in [5, 5.41) is 7.53. The van der Waals surface area contributed by atoms with Crippen molar-refractivity contribution in [3.63, 3.8) is 0 Å². The first-order valence-electron chi connectivity index (χ1n) is 8.75. The molecule has 1 aliphatic rings. The summed E-state index contributed by atoms with van der Waals surface area (Å²) in [5.74, 6) is -1.76. The summed E-state index contributed by atoms with van der Waals surface area (Å²) in [7, 11) is 1.28. The first-order chi connectivity index (χ1) is 14.0. The molecule has 1 N–H and O–H groups in total. The molecule has 1 aliphatic heterocycles. The number of nitrogens with zero attached hydrogens (tertiary/aromatic N) is 2. The third kappa shape index (κ3) is 4.40. The Labute approximate surface area is 175 Å². The predicted octanol–water partition coefficient (Wildman–Crippen LogP) is 4.14. The zero-order valence-corrected chi connectivity index (χ0v) is 16.7. The standard InChI is InChI=1S/C20H17ClF3N3O3/c1-19(18(29)30-2)11-16(26-27(19)15-9-7-14(21)8-10-15)12-3-5-13(6-4-12)17(28)25-20(22,23)24/h3-10H,11H2,1-2H3,(H,25,28). The lowest BCUT2D eigenvalue weighted by Crippen LogP contribution is -2.48. The average molecular weight is 440 g/mol. The molecule has 0 saturated carbocycles. The molecule has 1 amide bonds. The number of anilines is 1. The molecule has 0 spiro atoms. The fraction of sp³-hybridized carbons (Fsp3) is 0.250. The highest BCUT2D eigenvalue weighted by Gasteiger charge is 2.47. The van der Waals surface area contributed by atoms with E-state index in [1.807, 2.05) is 0 Å². The van der Waals surface area contributed by atoms with Crippen LogP contribution in [0.1, 0.15) is 29.3 Å². The van der Waals surface area contributed by atoms with E-state index in [0.29, 0.717) is 22.0 Å². The second-order valence-electron chi connectivity index (χ2n) is 6.81. The molecule has 1 heterocycles. The number of carbonyl (C=O) groups excluding carboxylic acids is 2. The Bertz CT molecular complexity index is 991. The van der Waals surface area contributed by atoms with E-state index < -0.39 is 23.7 Å². The number of esters is 1. The molecule has 0 aliphatic carbocycles. The Balaban J connectivity index is 1.92. The van der Waals surface area contributed by atoms with Crippen molar-refractivity contribution in [1.82, 2.24) is 5.32 Å². The maximum absolute atomic E-state index is 12.5. The minimum absolute atomic E-state index is 0.153. The summed E-state index contributed by atoms with van der Waals surface area (Å²) in [5.41, 5.74) is 0.402. The van der Waals surface area contributed by atoms with Gasteiger partial charge in [-0.3, -0.25) is 10.1 Å². The number of hydrogen-bond acceptors (Lipinski definition) is 5. The second kappa shape index (κ2) is 7.98. The van der Waals surface area contributed by atoms with E-state index in [1.54, 1.807) is 31.2 Å². The van der Waals surface area contributed by atoms with E-state index in [0.717, 1.165) is 5.32 Å². The van der Waals surface area contributed by atoms with E-state index >= 15 is 0 Å². The molecule has 2 aromatic rings. The van der Waals surface area contributed by atoms with Crippen LogP contribution in [-0.2, 0) is 9.53 Å². The van der Waals surface area contributed by atoms with Gasteiger partial charge in [-0.2, -0.15) is 18.3 Å². The molecule has 10 heteroatoms. The van der Waals surface area contributed by atoms with Crippen molar-refractivity contribution in [3.8, 4) is 0 Å². The van der Waals surface area contributed by atoms with E-state index in [-0.39, 0.29) is 12.0 Å². The molecule has 0 saturated heterocycles. The van der Waals surface area contributed by atoms with Crippen molar-refractivity contribution in [2.24, 2.45) is 5.10 Å². The molecule has 30 heavy (non-hydrogen) atoms. The number of methoxy groups -OCH3 is 1. The first-order valence-corrected chi connectivity index (χ1v) is 9.13. The van der Waals surface area contributed by atoms with Crippen molar-refractivity contribution in [3.05, 3.63) is 64.7 Å². The smallest absolute Gasteiger partial charge is 0.467 e. The number of halogens is 4. The topological polar surface area (TPSA) is 71.0 Å². The fourth-order valence-corrected chi connectivity index (χ4v) is 3.27. The number of ether oxygens (including phenoxy) is 1. The van der Waals surface area contributed by atoms with Crippen LogP contribution in [-0.4, -0.2) is 36.5 Å². The van der Waals surface area contributed by atoms with Crippen LogP contribution < -0.4 is 10.3 Å². The lowest BCUT2D eigenvalue weighted by Gasteiger charge is -2.31. The summed E-state index contributed by atoms with van der Waals surface area (Å²) < 4.78 is 41.9. The van der Waals surface area contributed by atoms with Gasteiger partial charge in [-0.1, -0.05) is 23.7 Å². The Morgan fingerprint density at radius 1 is 1.13 bits per heavy atom.